The maximum absolute atomic E-state index is 12.9. The van der Waals surface area contributed by atoms with Gasteiger partial charge >= 0.3 is 0 Å². The van der Waals surface area contributed by atoms with Crippen LogP contribution in [0.5, 0.6) is 0 Å². The molecule has 0 aromatic carbocycles. The Kier molecular flexibility index (Phi) is 5.27. The number of H-pyrrole nitrogens is 1. The van der Waals surface area contributed by atoms with Gasteiger partial charge in [-0.05, 0) is 25.8 Å². The van der Waals surface area contributed by atoms with Crippen molar-refractivity contribution in [2.75, 3.05) is 39.4 Å². The molecule has 8 nitrogen and oxygen atoms in total. The normalized spacial score (nSPS) is 21.6. The van der Waals surface area contributed by atoms with Gasteiger partial charge in [-0.2, -0.15) is 0 Å². The van der Waals surface area contributed by atoms with E-state index in [0.717, 1.165) is 75.1 Å². The van der Waals surface area contributed by atoms with Crippen molar-refractivity contribution in [2.24, 2.45) is 7.05 Å². The Morgan fingerprint density at radius 2 is 2.11 bits per heavy atom. The van der Waals surface area contributed by atoms with Crippen LogP contribution in [0.1, 0.15) is 46.5 Å². The molecule has 2 aromatic rings. The van der Waals surface area contributed by atoms with Crippen LogP contribution in [0.25, 0.3) is 0 Å². The van der Waals surface area contributed by atoms with Gasteiger partial charge in [-0.25, -0.2) is 0 Å². The summed E-state index contributed by atoms with van der Waals surface area (Å²) in [5.74, 6) is 2.31. The van der Waals surface area contributed by atoms with Crippen molar-refractivity contribution in [1.82, 2.24) is 29.5 Å². The number of likely N-dealkylation sites (tertiary alicyclic amines) is 1. The van der Waals surface area contributed by atoms with E-state index in [1.54, 1.807) is 0 Å². The first-order valence-corrected chi connectivity index (χ1v) is 9.75. The van der Waals surface area contributed by atoms with E-state index in [9.17, 15) is 4.79 Å². The van der Waals surface area contributed by atoms with E-state index in [2.05, 4.69) is 24.6 Å². The fourth-order valence-electron chi connectivity index (χ4n) is 4.05. The Morgan fingerprint density at radius 3 is 2.85 bits per heavy atom. The van der Waals surface area contributed by atoms with Gasteiger partial charge in [0.15, 0.2) is 0 Å². The molecule has 4 rings (SSSR count). The first kappa shape index (κ1) is 18.2. The highest BCUT2D eigenvalue weighted by atomic mass is 16.5. The minimum Gasteiger partial charge on any atom is -0.379 e. The lowest BCUT2D eigenvalue weighted by Gasteiger charge is -2.32. The number of hydrogen-bond acceptors (Lipinski definition) is 5. The summed E-state index contributed by atoms with van der Waals surface area (Å²) in [5, 5.41) is 8.93. The van der Waals surface area contributed by atoms with Crippen molar-refractivity contribution < 1.29 is 9.53 Å². The van der Waals surface area contributed by atoms with Crippen molar-refractivity contribution in [3.63, 3.8) is 0 Å². The topological polar surface area (TPSA) is 79.3 Å². The molecule has 0 bridgehead atoms. The summed E-state index contributed by atoms with van der Waals surface area (Å²) in [4.78, 5) is 20.3. The van der Waals surface area contributed by atoms with Gasteiger partial charge in [-0.15, -0.1) is 10.2 Å². The smallest absolute Gasteiger partial charge is 0.255 e. The summed E-state index contributed by atoms with van der Waals surface area (Å²) in [7, 11) is 2.04. The van der Waals surface area contributed by atoms with Crippen LogP contribution in [-0.4, -0.2) is 74.8 Å². The van der Waals surface area contributed by atoms with Gasteiger partial charge in [0.2, 0.25) is 0 Å². The van der Waals surface area contributed by atoms with Crippen LogP contribution >= 0.6 is 0 Å². The average Bonchev–Trinajstić information content (AvgIpc) is 3.28. The Bertz CT molecular complexity index is 792. The van der Waals surface area contributed by atoms with Gasteiger partial charge in [-0.3, -0.25) is 9.69 Å². The van der Waals surface area contributed by atoms with Crippen LogP contribution in [0.3, 0.4) is 0 Å². The summed E-state index contributed by atoms with van der Waals surface area (Å²) in [6, 6.07) is 1.87. The van der Waals surface area contributed by atoms with Crippen LogP contribution in [0.4, 0.5) is 0 Å². The van der Waals surface area contributed by atoms with Crippen molar-refractivity contribution in [1.29, 1.82) is 0 Å². The molecule has 0 spiro atoms. The number of aryl methyl sites for hydroxylation is 1. The van der Waals surface area contributed by atoms with Crippen molar-refractivity contribution >= 4 is 5.91 Å². The molecule has 27 heavy (non-hydrogen) atoms. The third kappa shape index (κ3) is 3.77. The molecule has 1 atom stereocenters. The van der Waals surface area contributed by atoms with Gasteiger partial charge in [0.25, 0.3) is 5.91 Å². The minimum absolute atomic E-state index is 0.106. The number of aromatic nitrogens is 4. The van der Waals surface area contributed by atoms with Gasteiger partial charge in [0.05, 0.1) is 25.3 Å². The molecule has 2 saturated heterocycles. The molecular formula is C19H28N6O2. The molecule has 0 unspecified atom stereocenters. The zero-order valence-corrected chi connectivity index (χ0v) is 16.1. The maximum Gasteiger partial charge on any atom is 0.255 e. The summed E-state index contributed by atoms with van der Waals surface area (Å²) < 4.78 is 7.54. The fraction of sp³-hybridized carbons (Fsp3) is 0.632. The Balaban J connectivity index is 1.45. The van der Waals surface area contributed by atoms with E-state index in [1.807, 2.05) is 31.1 Å². The zero-order valence-electron chi connectivity index (χ0n) is 16.1. The molecule has 0 radical (unpaired) electrons. The number of nitrogens with one attached hydrogen (secondary N) is 1. The van der Waals surface area contributed by atoms with E-state index in [1.165, 1.54) is 0 Å². The molecule has 1 N–H and O–H groups in total. The molecule has 146 valence electrons. The summed E-state index contributed by atoms with van der Waals surface area (Å²) in [5.41, 5.74) is 1.69. The maximum atomic E-state index is 12.9. The van der Waals surface area contributed by atoms with Crippen molar-refractivity contribution in [2.45, 2.75) is 32.2 Å². The van der Waals surface area contributed by atoms with E-state index >= 15 is 0 Å². The Morgan fingerprint density at radius 1 is 1.30 bits per heavy atom. The Labute approximate surface area is 159 Å². The molecule has 1 amide bonds. The predicted octanol–water partition coefficient (Wildman–Crippen LogP) is 1.30. The summed E-state index contributed by atoms with van der Waals surface area (Å²) >= 11 is 0. The molecule has 0 saturated carbocycles. The molecule has 4 heterocycles. The first-order chi connectivity index (χ1) is 13.1. The first-order valence-electron chi connectivity index (χ1n) is 9.75. The second kappa shape index (κ2) is 7.82. The molecule has 2 aromatic heterocycles. The zero-order chi connectivity index (χ0) is 18.8. The van der Waals surface area contributed by atoms with Crippen molar-refractivity contribution in [3.8, 4) is 0 Å². The highest BCUT2D eigenvalue weighted by molar-refractivity contribution is 5.95. The van der Waals surface area contributed by atoms with E-state index in [-0.39, 0.29) is 11.8 Å². The largest absolute Gasteiger partial charge is 0.379 e. The quantitative estimate of drug-likeness (QED) is 0.875. The lowest BCUT2D eigenvalue weighted by molar-refractivity contribution is 0.0326. The number of rotatable bonds is 4. The SMILES string of the molecule is Cc1[nH]ccc1C(=O)N1CCC[C@@H](c2nnc(CN3CCOCC3)n2C)C1. The van der Waals surface area contributed by atoms with Crippen molar-refractivity contribution in [3.05, 3.63) is 35.2 Å². The number of aromatic amines is 1. The molecule has 8 heteroatoms. The molecular weight excluding hydrogens is 344 g/mol. The third-order valence-electron chi connectivity index (χ3n) is 5.73. The van der Waals surface area contributed by atoms with E-state index in [4.69, 9.17) is 4.74 Å². The van der Waals surface area contributed by atoms with E-state index in [0.29, 0.717) is 6.54 Å². The number of nitrogens with zero attached hydrogens (tertiary/aromatic N) is 5. The summed E-state index contributed by atoms with van der Waals surface area (Å²) in [6.45, 7) is 7.67. The van der Waals surface area contributed by atoms with Gasteiger partial charge in [-0.1, -0.05) is 0 Å². The average molecular weight is 372 g/mol. The molecule has 2 fully saturated rings. The Hall–Kier alpha value is -2.19. The molecule has 2 aliphatic rings. The highest BCUT2D eigenvalue weighted by Crippen LogP contribution is 2.27. The lowest BCUT2D eigenvalue weighted by atomic mass is 9.96. The number of carbonyl (C=O) groups excluding carboxylic acids is 1. The van der Waals surface area contributed by atoms with Crippen LogP contribution in [-0.2, 0) is 18.3 Å². The van der Waals surface area contributed by atoms with E-state index < -0.39 is 0 Å². The molecule has 2 aliphatic heterocycles. The van der Waals surface area contributed by atoms with Crippen LogP contribution in [0.15, 0.2) is 12.3 Å². The lowest BCUT2D eigenvalue weighted by Crippen LogP contribution is -2.40. The second-order valence-corrected chi connectivity index (χ2v) is 7.53. The standard InChI is InChI=1S/C19H28N6O2/c1-14-16(5-6-20-14)19(26)25-7-3-4-15(12-25)18-22-21-17(23(18)2)13-24-8-10-27-11-9-24/h5-6,15,20H,3-4,7-13H2,1-2H3/t15-/m1/s1. The van der Waals surface area contributed by atoms with Crippen LogP contribution in [0, 0.1) is 6.92 Å². The van der Waals surface area contributed by atoms with Gasteiger partial charge < -0.3 is 19.2 Å². The molecule has 0 aliphatic carbocycles. The summed E-state index contributed by atoms with van der Waals surface area (Å²) in [6.07, 6.45) is 3.86. The third-order valence-corrected chi connectivity index (χ3v) is 5.73. The van der Waals surface area contributed by atoms with Gasteiger partial charge in [0, 0.05) is 51.0 Å². The second-order valence-electron chi connectivity index (χ2n) is 7.53. The predicted molar refractivity (Wildman–Crippen MR) is 101 cm³/mol. The number of amides is 1. The van der Waals surface area contributed by atoms with Crippen LogP contribution < -0.4 is 0 Å². The number of piperidine rings is 1. The fourth-order valence-corrected chi connectivity index (χ4v) is 4.05. The number of hydrogen-bond donors (Lipinski definition) is 1. The minimum atomic E-state index is 0.106. The highest BCUT2D eigenvalue weighted by Gasteiger charge is 2.29. The number of morpholine rings is 1. The number of ether oxygens (including phenoxy) is 1. The number of carbonyl (C=O) groups is 1. The monoisotopic (exact) mass is 372 g/mol. The van der Waals surface area contributed by atoms with Gasteiger partial charge in [0.1, 0.15) is 11.6 Å². The van der Waals surface area contributed by atoms with Crippen LogP contribution in [0.2, 0.25) is 0 Å².